The Kier molecular flexibility index (Phi) is 9.45. The highest BCUT2D eigenvalue weighted by Crippen LogP contribution is 2.26. The van der Waals surface area contributed by atoms with E-state index in [1.165, 1.54) is 11.0 Å². The highest BCUT2D eigenvalue weighted by Gasteiger charge is 2.33. The fourth-order valence-corrected chi connectivity index (χ4v) is 4.13. The van der Waals surface area contributed by atoms with E-state index in [-0.39, 0.29) is 31.4 Å². The molecule has 0 saturated carbocycles. The average Bonchev–Trinajstić information content (AvgIpc) is 2.85. The van der Waals surface area contributed by atoms with Gasteiger partial charge in [-0.3, -0.25) is 9.59 Å². The summed E-state index contributed by atoms with van der Waals surface area (Å²) in [5.41, 5.74) is 1.71. The first-order valence-electron chi connectivity index (χ1n) is 12.7. The van der Waals surface area contributed by atoms with Crippen LogP contribution in [0.1, 0.15) is 57.2 Å². The van der Waals surface area contributed by atoms with Crippen molar-refractivity contribution < 1.29 is 18.7 Å². The quantitative estimate of drug-likeness (QED) is 0.375. The zero-order valence-corrected chi connectivity index (χ0v) is 22.3. The second-order valence-electron chi connectivity index (χ2n) is 10.5. The Bertz CT molecular complexity index is 1190. The average molecular weight is 505 g/mol. The summed E-state index contributed by atoms with van der Waals surface area (Å²) in [5.74, 6) is -0.295. The number of rotatable bonds is 10. The van der Waals surface area contributed by atoms with Crippen LogP contribution in [0.5, 0.6) is 5.75 Å². The van der Waals surface area contributed by atoms with Gasteiger partial charge in [0, 0.05) is 24.1 Å². The Morgan fingerprint density at radius 2 is 1.54 bits per heavy atom. The number of nitrogens with zero attached hydrogens (tertiary/aromatic N) is 1. The second kappa shape index (κ2) is 12.5. The molecule has 3 aromatic carbocycles. The summed E-state index contributed by atoms with van der Waals surface area (Å²) in [6.45, 7) is 9.45. The maximum absolute atomic E-state index is 14.7. The van der Waals surface area contributed by atoms with Crippen LogP contribution in [-0.4, -0.2) is 34.9 Å². The fraction of sp³-hybridized carbons (Fsp3) is 0.355. The van der Waals surface area contributed by atoms with E-state index in [0.717, 1.165) is 11.1 Å². The lowest BCUT2D eigenvalue weighted by molar-refractivity contribution is -0.143. The molecule has 6 heteroatoms. The van der Waals surface area contributed by atoms with E-state index in [0.29, 0.717) is 11.3 Å². The van der Waals surface area contributed by atoms with Crippen molar-refractivity contribution in [3.8, 4) is 5.75 Å². The number of para-hydroxylation sites is 1. The monoisotopic (exact) mass is 504 g/mol. The molecule has 0 aliphatic heterocycles. The Balaban J connectivity index is 1.96. The summed E-state index contributed by atoms with van der Waals surface area (Å²) < 4.78 is 20.7. The van der Waals surface area contributed by atoms with Crippen molar-refractivity contribution in [3.05, 3.63) is 101 Å². The molecule has 0 aliphatic rings. The number of carbonyl (C=O) groups is 2. The molecular formula is C31H37FN2O3. The van der Waals surface area contributed by atoms with Gasteiger partial charge in [-0.2, -0.15) is 0 Å². The van der Waals surface area contributed by atoms with Gasteiger partial charge in [-0.15, -0.1) is 0 Å². The zero-order chi connectivity index (χ0) is 27.0. The molecule has 0 bridgehead atoms. The maximum Gasteiger partial charge on any atom is 0.261 e. The predicted molar refractivity (Wildman–Crippen MR) is 145 cm³/mol. The molecule has 0 saturated heterocycles. The van der Waals surface area contributed by atoms with E-state index in [1.807, 2.05) is 75.4 Å². The lowest BCUT2D eigenvalue weighted by Gasteiger charge is -2.34. The molecule has 0 radical (unpaired) electrons. The smallest absolute Gasteiger partial charge is 0.261 e. The van der Waals surface area contributed by atoms with Gasteiger partial charge in [-0.05, 0) is 49.9 Å². The first-order valence-corrected chi connectivity index (χ1v) is 12.7. The Labute approximate surface area is 219 Å². The molecule has 5 nitrogen and oxygen atoms in total. The van der Waals surface area contributed by atoms with E-state index < -0.39 is 23.3 Å². The maximum atomic E-state index is 14.7. The van der Waals surface area contributed by atoms with Crippen LogP contribution in [0.15, 0.2) is 78.9 Å². The first kappa shape index (κ1) is 27.9. The van der Waals surface area contributed by atoms with Crippen LogP contribution in [-0.2, 0) is 22.6 Å². The Morgan fingerprint density at radius 3 is 2.19 bits per heavy atom. The highest BCUT2D eigenvalue weighted by molar-refractivity contribution is 5.89. The zero-order valence-electron chi connectivity index (χ0n) is 22.3. The van der Waals surface area contributed by atoms with Crippen molar-refractivity contribution >= 4 is 11.8 Å². The van der Waals surface area contributed by atoms with Crippen LogP contribution < -0.4 is 10.1 Å². The van der Waals surface area contributed by atoms with E-state index in [4.69, 9.17) is 4.74 Å². The predicted octanol–water partition coefficient (Wildman–Crippen LogP) is 5.88. The normalized spacial score (nSPS) is 12.2. The molecule has 3 rings (SSSR count). The number of ether oxygens (including phenoxy) is 1. The summed E-state index contributed by atoms with van der Waals surface area (Å²) in [6, 6.07) is 22.5. The van der Waals surface area contributed by atoms with E-state index >= 15 is 0 Å². The van der Waals surface area contributed by atoms with Crippen molar-refractivity contribution in [2.45, 2.75) is 65.1 Å². The molecule has 196 valence electrons. The van der Waals surface area contributed by atoms with Crippen molar-refractivity contribution in [1.29, 1.82) is 0 Å². The number of halogens is 1. The third kappa shape index (κ3) is 8.17. The second-order valence-corrected chi connectivity index (χ2v) is 10.5. The summed E-state index contributed by atoms with van der Waals surface area (Å²) in [7, 11) is 0. The van der Waals surface area contributed by atoms with Gasteiger partial charge >= 0.3 is 0 Å². The highest BCUT2D eigenvalue weighted by atomic mass is 19.1. The topological polar surface area (TPSA) is 58.6 Å². The molecule has 0 spiro atoms. The molecule has 3 aromatic rings. The lowest BCUT2D eigenvalue weighted by atomic mass is 10.0. The van der Waals surface area contributed by atoms with Crippen LogP contribution in [0.4, 0.5) is 4.39 Å². The summed E-state index contributed by atoms with van der Waals surface area (Å²) in [6.07, 6.45) is 0.283. The van der Waals surface area contributed by atoms with Gasteiger partial charge in [0.05, 0.1) is 0 Å². The van der Waals surface area contributed by atoms with Gasteiger partial charge in [-0.1, -0.05) is 80.6 Å². The standard InChI is InChI=1S/C31H37FN2O3/c1-22(2)25-16-10-12-18-28(25)37-21-29(35)34(20-24-15-9-11-17-26(24)32)27(30(36)33-31(3,4)5)19-23-13-7-6-8-14-23/h6-18,22,27H,19-21H2,1-5H3,(H,33,36)/t27-/m0/s1. The molecule has 37 heavy (non-hydrogen) atoms. The van der Waals surface area contributed by atoms with Gasteiger partial charge < -0.3 is 15.0 Å². The SMILES string of the molecule is CC(C)c1ccccc1OCC(=O)N(Cc1ccccc1F)[C@@H](Cc1ccccc1)C(=O)NC(C)(C)C. The number of nitrogens with one attached hydrogen (secondary N) is 1. The molecule has 0 unspecified atom stereocenters. The molecule has 1 atom stereocenters. The molecular weight excluding hydrogens is 467 g/mol. The molecule has 0 aromatic heterocycles. The summed E-state index contributed by atoms with van der Waals surface area (Å²) >= 11 is 0. The van der Waals surface area contributed by atoms with Crippen LogP contribution in [0.3, 0.4) is 0 Å². The van der Waals surface area contributed by atoms with Gasteiger partial charge in [0.1, 0.15) is 17.6 Å². The van der Waals surface area contributed by atoms with Gasteiger partial charge in [0.2, 0.25) is 5.91 Å². The van der Waals surface area contributed by atoms with Crippen molar-refractivity contribution in [2.24, 2.45) is 0 Å². The van der Waals surface area contributed by atoms with Crippen LogP contribution in [0.25, 0.3) is 0 Å². The molecule has 0 heterocycles. The summed E-state index contributed by atoms with van der Waals surface area (Å²) in [5, 5.41) is 3.01. The van der Waals surface area contributed by atoms with Crippen molar-refractivity contribution in [3.63, 3.8) is 0 Å². The fourth-order valence-electron chi connectivity index (χ4n) is 4.13. The van der Waals surface area contributed by atoms with E-state index in [1.54, 1.807) is 18.2 Å². The number of benzene rings is 3. The minimum absolute atomic E-state index is 0.0598. The van der Waals surface area contributed by atoms with Crippen LogP contribution in [0, 0.1) is 5.82 Å². The third-order valence-corrected chi connectivity index (χ3v) is 5.96. The molecule has 0 fully saturated rings. The van der Waals surface area contributed by atoms with Crippen molar-refractivity contribution in [2.75, 3.05) is 6.61 Å². The van der Waals surface area contributed by atoms with E-state index in [9.17, 15) is 14.0 Å². The van der Waals surface area contributed by atoms with Crippen LogP contribution >= 0.6 is 0 Å². The van der Waals surface area contributed by atoms with E-state index in [2.05, 4.69) is 19.2 Å². The minimum atomic E-state index is -0.863. The summed E-state index contributed by atoms with van der Waals surface area (Å²) in [4.78, 5) is 28.7. The third-order valence-electron chi connectivity index (χ3n) is 5.96. The largest absolute Gasteiger partial charge is 0.483 e. The molecule has 2 amide bonds. The van der Waals surface area contributed by atoms with Crippen LogP contribution in [0.2, 0.25) is 0 Å². The lowest BCUT2D eigenvalue weighted by Crippen LogP contribution is -2.55. The molecule has 0 aliphatic carbocycles. The number of amides is 2. The Hall–Kier alpha value is -3.67. The number of hydrogen-bond donors (Lipinski definition) is 1. The van der Waals surface area contributed by atoms with Gasteiger partial charge in [0.15, 0.2) is 6.61 Å². The van der Waals surface area contributed by atoms with Gasteiger partial charge in [-0.25, -0.2) is 4.39 Å². The van der Waals surface area contributed by atoms with Crippen molar-refractivity contribution in [1.82, 2.24) is 10.2 Å². The number of carbonyl (C=O) groups excluding carboxylic acids is 2. The Morgan fingerprint density at radius 1 is 0.919 bits per heavy atom. The first-order chi connectivity index (χ1) is 17.5. The minimum Gasteiger partial charge on any atom is -0.483 e. The number of hydrogen-bond acceptors (Lipinski definition) is 3. The molecule has 1 N–H and O–H groups in total. The van der Waals surface area contributed by atoms with Gasteiger partial charge in [0.25, 0.3) is 5.91 Å².